The Morgan fingerprint density at radius 3 is 2.80 bits per heavy atom. The van der Waals surface area contributed by atoms with Gasteiger partial charge in [-0.05, 0) is 30.3 Å². The fraction of sp³-hybridized carbons (Fsp3) is 0.133. The summed E-state index contributed by atoms with van der Waals surface area (Å²) < 4.78 is 1.95. The van der Waals surface area contributed by atoms with Crippen LogP contribution in [0.3, 0.4) is 0 Å². The number of hydrogen-bond acceptors (Lipinski definition) is 3. The van der Waals surface area contributed by atoms with E-state index in [-0.39, 0.29) is 6.61 Å². The van der Waals surface area contributed by atoms with Crippen molar-refractivity contribution in [2.75, 3.05) is 12.3 Å². The van der Waals surface area contributed by atoms with E-state index in [1.807, 2.05) is 28.8 Å². The van der Waals surface area contributed by atoms with Gasteiger partial charge >= 0.3 is 0 Å². The summed E-state index contributed by atoms with van der Waals surface area (Å²) in [5, 5.41) is 9.88. The first-order valence-corrected chi connectivity index (χ1v) is 6.70. The molecule has 3 N–H and O–H groups in total. The molecule has 0 amide bonds. The van der Waals surface area contributed by atoms with Crippen LogP contribution < -0.4 is 5.73 Å². The summed E-state index contributed by atoms with van der Waals surface area (Å²) in [7, 11) is 0. The SMILES string of the molecule is Nc1ccc(Cl)c(-c2nc3ccccc3n2CCO)c1. The molecule has 102 valence electrons. The Morgan fingerprint density at radius 1 is 1.20 bits per heavy atom. The van der Waals surface area contributed by atoms with E-state index in [9.17, 15) is 5.11 Å². The second-order valence-electron chi connectivity index (χ2n) is 4.54. The Morgan fingerprint density at radius 2 is 2.00 bits per heavy atom. The molecule has 0 fully saturated rings. The van der Waals surface area contributed by atoms with Crippen LogP contribution in [0.15, 0.2) is 42.5 Å². The fourth-order valence-corrected chi connectivity index (χ4v) is 2.52. The summed E-state index contributed by atoms with van der Waals surface area (Å²) in [5.74, 6) is 0.720. The van der Waals surface area contributed by atoms with Gasteiger partial charge in [0.1, 0.15) is 5.82 Å². The number of anilines is 1. The molecule has 0 radical (unpaired) electrons. The molecule has 0 saturated carbocycles. The minimum Gasteiger partial charge on any atom is -0.399 e. The van der Waals surface area contributed by atoms with Crippen molar-refractivity contribution in [2.24, 2.45) is 0 Å². The molecule has 0 aliphatic rings. The van der Waals surface area contributed by atoms with Crippen LogP contribution in [0.5, 0.6) is 0 Å². The second-order valence-corrected chi connectivity index (χ2v) is 4.95. The lowest BCUT2D eigenvalue weighted by molar-refractivity contribution is 0.278. The standard InChI is InChI=1S/C15H14ClN3O/c16-12-6-5-10(17)9-11(12)15-18-13-3-1-2-4-14(13)19(15)7-8-20/h1-6,9,20H,7-8,17H2. The number of aromatic nitrogens is 2. The Kier molecular flexibility index (Phi) is 3.34. The van der Waals surface area contributed by atoms with E-state index in [0.717, 1.165) is 22.4 Å². The van der Waals surface area contributed by atoms with Gasteiger partial charge in [-0.3, -0.25) is 0 Å². The van der Waals surface area contributed by atoms with Crippen LogP contribution in [0.25, 0.3) is 22.4 Å². The number of nitrogen functional groups attached to an aromatic ring is 1. The highest BCUT2D eigenvalue weighted by Gasteiger charge is 2.14. The zero-order valence-corrected chi connectivity index (χ0v) is 11.5. The van der Waals surface area contributed by atoms with Crippen molar-refractivity contribution in [3.05, 3.63) is 47.5 Å². The Bertz CT molecular complexity index is 767. The van der Waals surface area contributed by atoms with Gasteiger partial charge in [0.25, 0.3) is 0 Å². The Labute approximate surface area is 121 Å². The summed E-state index contributed by atoms with van der Waals surface area (Å²) >= 11 is 6.26. The minimum absolute atomic E-state index is 0.0350. The van der Waals surface area contributed by atoms with Crippen LogP contribution >= 0.6 is 11.6 Å². The maximum Gasteiger partial charge on any atom is 0.142 e. The van der Waals surface area contributed by atoms with Gasteiger partial charge in [-0.2, -0.15) is 0 Å². The van der Waals surface area contributed by atoms with Crippen molar-refractivity contribution in [2.45, 2.75) is 6.54 Å². The van der Waals surface area contributed by atoms with Gasteiger partial charge in [-0.1, -0.05) is 23.7 Å². The molecule has 0 bridgehead atoms. The van der Waals surface area contributed by atoms with Crippen LogP contribution in [0, 0.1) is 0 Å². The first-order chi connectivity index (χ1) is 9.70. The summed E-state index contributed by atoms with van der Waals surface area (Å²) in [4.78, 5) is 4.62. The summed E-state index contributed by atoms with van der Waals surface area (Å²) in [6, 6.07) is 13.1. The van der Waals surface area contributed by atoms with Crippen LogP contribution in [0.4, 0.5) is 5.69 Å². The molecule has 0 unspecified atom stereocenters. The molecule has 0 spiro atoms. The number of fused-ring (bicyclic) bond motifs is 1. The van der Waals surface area contributed by atoms with E-state index in [1.54, 1.807) is 18.2 Å². The summed E-state index contributed by atoms with van der Waals surface area (Å²) in [6.45, 7) is 0.494. The molecule has 1 aromatic heterocycles. The fourth-order valence-electron chi connectivity index (χ4n) is 2.32. The molecule has 4 nitrogen and oxygen atoms in total. The molecule has 0 atom stereocenters. The second kappa shape index (κ2) is 5.15. The highest BCUT2D eigenvalue weighted by molar-refractivity contribution is 6.33. The number of nitrogens with zero attached hydrogens (tertiary/aromatic N) is 2. The number of aliphatic hydroxyl groups excluding tert-OH is 1. The highest BCUT2D eigenvalue weighted by Crippen LogP contribution is 2.31. The van der Waals surface area contributed by atoms with E-state index >= 15 is 0 Å². The average molecular weight is 288 g/mol. The number of rotatable bonds is 3. The molecule has 5 heteroatoms. The lowest BCUT2D eigenvalue weighted by atomic mass is 10.2. The molecule has 3 aromatic rings. The minimum atomic E-state index is 0.0350. The van der Waals surface area contributed by atoms with E-state index in [2.05, 4.69) is 4.98 Å². The molecule has 0 aliphatic carbocycles. The maximum atomic E-state index is 9.29. The zero-order valence-electron chi connectivity index (χ0n) is 10.8. The average Bonchev–Trinajstić information content (AvgIpc) is 2.81. The van der Waals surface area contributed by atoms with Crippen LogP contribution in [-0.2, 0) is 6.54 Å². The number of benzene rings is 2. The molecule has 1 heterocycles. The van der Waals surface area contributed by atoms with Gasteiger partial charge in [0, 0.05) is 17.8 Å². The number of para-hydroxylation sites is 2. The van der Waals surface area contributed by atoms with E-state index in [0.29, 0.717) is 17.3 Å². The largest absolute Gasteiger partial charge is 0.399 e. The van der Waals surface area contributed by atoms with Crippen molar-refractivity contribution in [1.29, 1.82) is 0 Å². The van der Waals surface area contributed by atoms with Crippen LogP contribution in [0.2, 0.25) is 5.02 Å². The zero-order chi connectivity index (χ0) is 14.1. The van der Waals surface area contributed by atoms with Gasteiger partial charge < -0.3 is 15.4 Å². The van der Waals surface area contributed by atoms with Gasteiger partial charge in [-0.25, -0.2) is 4.98 Å². The lowest BCUT2D eigenvalue weighted by Gasteiger charge is -2.09. The predicted molar refractivity (Wildman–Crippen MR) is 81.7 cm³/mol. The van der Waals surface area contributed by atoms with Gasteiger partial charge in [0.2, 0.25) is 0 Å². The number of imidazole rings is 1. The summed E-state index contributed by atoms with van der Waals surface area (Å²) in [5.41, 5.74) is 9.08. The number of halogens is 1. The molecule has 2 aromatic carbocycles. The Balaban J connectivity index is 2.29. The highest BCUT2D eigenvalue weighted by atomic mass is 35.5. The summed E-state index contributed by atoms with van der Waals surface area (Å²) in [6.07, 6.45) is 0. The normalized spacial score (nSPS) is 11.1. The predicted octanol–water partition coefficient (Wildman–Crippen LogP) is 2.93. The third kappa shape index (κ3) is 2.13. The molecule has 0 saturated heterocycles. The van der Waals surface area contributed by atoms with Crippen LogP contribution in [-0.4, -0.2) is 21.3 Å². The third-order valence-corrected chi connectivity index (χ3v) is 3.54. The number of nitrogens with two attached hydrogens (primary N) is 1. The van der Waals surface area contributed by atoms with Crippen molar-refractivity contribution < 1.29 is 5.11 Å². The monoisotopic (exact) mass is 287 g/mol. The third-order valence-electron chi connectivity index (χ3n) is 3.21. The van der Waals surface area contributed by atoms with Gasteiger partial charge in [0.15, 0.2) is 0 Å². The van der Waals surface area contributed by atoms with Crippen molar-refractivity contribution in [1.82, 2.24) is 9.55 Å². The van der Waals surface area contributed by atoms with Crippen molar-refractivity contribution in [3.63, 3.8) is 0 Å². The quantitative estimate of drug-likeness (QED) is 0.728. The van der Waals surface area contributed by atoms with E-state index < -0.39 is 0 Å². The van der Waals surface area contributed by atoms with Crippen LogP contribution in [0.1, 0.15) is 0 Å². The lowest BCUT2D eigenvalue weighted by Crippen LogP contribution is -2.04. The number of aliphatic hydroxyl groups is 1. The maximum absolute atomic E-state index is 9.29. The van der Waals surface area contributed by atoms with Gasteiger partial charge in [-0.15, -0.1) is 0 Å². The Hall–Kier alpha value is -2.04. The molecule has 3 rings (SSSR count). The van der Waals surface area contributed by atoms with Gasteiger partial charge in [0.05, 0.1) is 22.7 Å². The molecular formula is C15H14ClN3O. The molecular weight excluding hydrogens is 274 g/mol. The first-order valence-electron chi connectivity index (χ1n) is 6.32. The molecule has 0 aliphatic heterocycles. The topological polar surface area (TPSA) is 64.1 Å². The smallest absolute Gasteiger partial charge is 0.142 e. The molecule has 20 heavy (non-hydrogen) atoms. The van der Waals surface area contributed by atoms with Crippen molar-refractivity contribution in [3.8, 4) is 11.4 Å². The van der Waals surface area contributed by atoms with E-state index in [4.69, 9.17) is 17.3 Å². The number of hydrogen-bond donors (Lipinski definition) is 2. The van der Waals surface area contributed by atoms with E-state index in [1.165, 1.54) is 0 Å². The van der Waals surface area contributed by atoms with Crippen molar-refractivity contribution >= 4 is 28.3 Å². The first kappa shape index (κ1) is 13.0.